The van der Waals surface area contributed by atoms with Crippen LogP contribution in [0.5, 0.6) is 11.5 Å². The lowest BCUT2D eigenvalue weighted by molar-refractivity contribution is -0.141. The maximum Gasteiger partial charge on any atom is 0.433 e. The monoisotopic (exact) mass is 426 g/mol. The molecule has 0 unspecified atom stereocenters. The average Bonchev–Trinajstić information content (AvgIpc) is 2.69. The molecular weight excluding hydrogens is 409 g/mol. The van der Waals surface area contributed by atoms with Gasteiger partial charge >= 0.3 is 6.18 Å². The van der Waals surface area contributed by atoms with Gasteiger partial charge in [0.15, 0.2) is 23.0 Å². The van der Waals surface area contributed by atoms with Gasteiger partial charge in [-0.25, -0.2) is 9.97 Å². The van der Waals surface area contributed by atoms with Gasteiger partial charge in [0.2, 0.25) is 0 Å². The summed E-state index contributed by atoms with van der Waals surface area (Å²) in [5, 5.41) is 2.91. The van der Waals surface area contributed by atoms with Crippen LogP contribution in [-0.4, -0.2) is 29.2 Å². The Labute approximate surface area is 171 Å². The second kappa shape index (κ2) is 8.95. The molecule has 2 aromatic heterocycles. The lowest BCUT2D eigenvalue weighted by Gasteiger charge is -2.15. The number of aryl methyl sites for hydroxylation is 1. The zero-order valence-corrected chi connectivity index (χ0v) is 16.6. The van der Waals surface area contributed by atoms with Crippen molar-refractivity contribution in [2.75, 3.05) is 19.5 Å². The standard InChI is InChI=1S/C19H17F3N4O2.ClH/c1-11-8-14(27-2)15(28-3)9-13(11)24-17-10-16(19(20,21)22)25-18(26-17)12-6-4-5-7-23-12;/h4-10H,1-3H3,(H,24,25,26);1H. The van der Waals surface area contributed by atoms with Crippen molar-refractivity contribution in [2.24, 2.45) is 0 Å². The van der Waals surface area contributed by atoms with E-state index in [-0.39, 0.29) is 29.7 Å². The Morgan fingerprint density at radius 3 is 2.24 bits per heavy atom. The third-order valence-electron chi connectivity index (χ3n) is 3.90. The molecule has 0 spiro atoms. The predicted molar refractivity (Wildman–Crippen MR) is 105 cm³/mol. The summed E-state index contributed by atoms with van der Waals surface area (Å²) in [4.78, 5) is 11.8. The second-order valence-corrected chi connectivity index (χ2v) is 5.82. The molecule has 0 radical (unpaired) electrons. The summed E-state index contributed by atoms with van der Waals surface area (Å²) in [6, 6.07) is 9.04. The molecule has 3 aromatic rings. The first-order valence-electron chi connectivity index (χ1n) is 8.19. The van der Waals surface area contributed by atoms with Crippen LogP contribution in [0.1, 0.15) is 11.3 Å². The molecule has 0 amide bonds. The van der Waals surface area contributed by atoms with Crippen molar-refractivity contribution in [3.63, 3.8) is 0 Å². The maximum atomic E-state index is 13.3. The number of methoxy groups -OCH3 is 2. The van der Waals surface area contributed by atoms with Crippen molar-refractivity contribution in [2.45, 2.75) is 13.1 Å². The summed E-state index contributed by atoms with van der Waals surface area (Å²) < 4.78 is 50.5. The number of hydrogen-bond acceptors (Lipinski definition) is 6. The molecule has 29 heavy (non-hydrogen) atoms. The van der Waals surface area contributed by atoms with Gasteiger partial charge in [-0.2, -0.15) is 13.2 Å². The molecule has 0 bridgehead atoms. The summed E-state index contributed by atoms with van der Waals surface area (Å²) >= 11 is 0. The number of pyridine rings is 1. The molecule has 1 aromatic carbocycles. The zero-order valence-electron chi connectivity index (χ0n) is 15.7. The minimum atomic E-state index is -4.63. The number of hydrogen-bond donors (Lipinski definition) is 1. The Balaban J connectivity index is 0.00000300. The smallest absolute Gasteiger partial charge is 0.433 e. The molecule has 6 nitrogen and oxygen atoms in total. The lowest BCUT2D eigenvalue weighted by Crippen LogP contribution is -2.11. The lowest BCUT2D eigenvalue weighted by atomic mass is 10.1. The van der Waals surface area contributed by atoms with Crippen LogP contribution in [0.25, 0.3) is 11.5 Å². The highest BCUT2D eigenvalue weighted by atomic mass is 35.5. The summed E-state index contributed by atoms with van der Waals surface area (Å²) in [7, 11) is 2.98. The largest absolute Gasteiger partial charge is 0.493 e. The number of benzene rings is 1. The molecule has 0 fully saturated rings. The van der Waals surface area contributed by atoms with E-state index in [0.29, 0.717) is 17.2 Å². The first kappa shape index (κ1) is 22.2. The highest BCUT2D eigenvalue weighted by Gasteiger charge is 2.34. The molecule has 0 atom stereocenters. The average molecular weight is 427 g/mol. The van der Waals surface area contributed by atoms with Crippen molar-refractivity contribution in [3.05, 3.63) is 53.9 Å². The van der Waals surface area contributed by atoms with E-state index in [0.717, 1.165) is 11.6 Å². The number of anilines is 2. The molecule has 0 aliphatic carbocycles. The van der Waals surface area contributed by atoms with E-state index in [2.05, 4.69) is 20.3 Å². The molecule has 154 valence electrons. The van der Waals surface area contributed by atoms with Crippen LogP contribution in [0, 0.1) is 6.92 Å². The molecule has 3 rings (SSSR count). The van der Waals surface area contributed by atoms with Gasteiger partial charge in [0.1, 0.15) is 11.5 Å². The summed E-state index contributed by atoms with van der Waals surface area (Å²) in [5.74, 6) is 0.804. The first-order valence-corrected chi connectivity index (χ1v) is 8.19. The topological polar surface area (TPSA) is 69.2 Å². The van der Waals surface area contributed by atoms with Crippen LogP contribution in [0.2, 0.25) is 0 Å². The van der Waals surface area contributed by atoms with Crippen molar-refractivity contribution >= 4 is 23.9 Å². The summed E-state index contributed by atoms with van der Waals surface area (Å²) in [6.45, 7) is 1.79. The molecule has 1 N–H and O–H groups in total. The SMILES string of the molecule is COc1cc(C)c(Nc2cc(C(F)(F)F)nc(-c3ccccn3)n2)cc1OC.Cl. The van der Waals surface area contributed by atoms with Gasteiger partial charge in [-0.05, 0) is 30.7 Å². The molecular formula is C19H18ClF3N4O2. The number of ether oxygens (including phenoxy) is 2. The molecule has 0 saturated heterocycles. The van der Waals surface area contributed by atoms with Crippen molar-refractivity contribution in [3.8, 4) is 23.0 Å². The van der Waals surface area contributed by atoms with Crippen LogP contribution in [0.4, 0.5) is 24.7 Å². The van der Waals surface area contributed by atoms with Crippen LogP contribution in [0.3, 0.4) is 0 Å². The van der Waals surface area contributed by atoms with Gasteiger partial charge in [-0.1, -0.05) is 6.07 Å². The van der Waals surface area contributed by atoms with E-state index < -0.39 is 11.9 Å². The van der Waals surface area contributed by atoms with Crippen LogP contribution < -0.4 is 14.8 Å². The van der Waals surface area contributed by atoms with E-state index >= 15 is 0 Å². The maximum absolute atomic E-state index is 13.3. The summed E-state index contributed by atoms with van der Waals surface area (Å²) in [6.07, 6.45) is -3.17. The number of nitrogens with one attached hydrogen (secondary N) is 1. The Morgan fingerprint density at radius 1 is 0.966 bits per heavy atom. The summed E-state index contributed by atoms with van der Waals surface area (Å²) in [5.41, 5.74) is 0.435. The van der Waals surface area contributed by atoms with Gasteiger partial charge in [0, 0.05) is 24.0 Å². The molecule has 0 aliphatic rings. The quantitative estimate of drug-likeness (QED) is 0.615. The number of nitrogens with zero attached hydrogens (tertiary/aromatic N) is 3. The van der Waals surface area contributed by atoms with Crippen LogP contribution in [-0.2, 0) is 6.18 Å². The van der Waals surface area contributed by atoms with E-state index in [1.807, 2.05) is 0 Å². The fraction of sp³-hybridized carbons (Fsp3) is 0.211. The number of aromatic nitrogens is 3. The number of halogens is 4. The fourth-order valence-corrected chi connectivity index (χ4v) is 2.52. The molecule has 10 heteroatoms. The highest BCUT2D eigenvalue weighted by Crippen LogP contribution is 2.35. The van der Waals surface area contributed by atoms with Crippen LogP contribution >= 0.6 is 12.4 Å². The van der Waals surface area contributed by atoms with E-state index in [1.54, 1.807) is 37.3 Å². The Hall–Kier alpha value is -3.07. The molecule has 0 aliphatic heterocycles. The van der Waals surface area contributed by atoms with Gasteiger partial charge in [-0.15, -0.1) is 12.4 Å². The first-order chi connectivity index (χ1) is 13.3. The Bertz CT molecular complexity index is 985. The predicted octanol–water partition coefficient (Wildman–Crippen LogP) is 5.05. The Kier molecular flexibility index (Phi) is 6.86. The number of rotatable bonds is 5. The third kappa shape index (κ3) is 5.05. The van der Waals surface area contributed by atoms with E-state index in [4.69, 9.17) is 9.47 Å². The number of alkyl halides is 3. The van der Waals surface area contributed by atoms with Gasteiger partial charge in [0.25, 0.3) is 0 Å². The minimum Gasteiger partial charge on any atom is -0.493 e. The molecule has 2 heterocycles. The highest BCUT2D eigenvalue weighted by molar-refractivity contribution is 5.85. The van der Waals surface area contributed by atoms with Crippen molar-refractivity contribution in [1.29, 1.82) is 0 Å². The van der Waals surface area contributed by atoms with E-state index in [9.17, 15) is 13.2 Å². The van der Waals surface area contributed by atoms with Crippen LogP contribution in [0.15, 0.2) is 42.6 Å². The fourth-order valence-electron chi connectivity index (χ4n) is 2.52. The molecule has 0 saturated carbocycles. The van der Waals surface area contributed by atoms with E-state index in [1.165, 1.54) is 20.4 Å². The zero-order chi connectivity index (χ0) is 20.3. The van der Waals surface area contributed by atoms with Crippen molar-refractivity contribution in [1.82, 2.24) is 15.0 Å². The van der Waals surface area contributed by atoms with Gasteiger partial charge in [-0.3, -0.25) is 4.98 Å². The third-order valence-corrected chi connectivity index (χ3v) is 3.90. The van der Waals surface area contributed by atoms with Crippen molar-refractivity contribution < 1.29 is 22.6 Å². The normalized spacial score (nSPS) is 10.8. The van der Waals surface area contributed by atoms with Gasteiger partial charge < -0.3 is 14.8 Å². The van der Waals surface area contributed by atoms with Gasteiger partial charge in [0.05, 0.1) is 14.2 Å². The Morgan fingerprint density at radius 2 is 1.66 bits per heavy atom. The second-order valence-electron chi connectivity index (χ2n) is 5.82. The minimum absolute atomic E-state index is 0.